The summed E-state index contributed by atoms with van der Waals surface area (Å²) in [5.41, 5.74) is 3.35. The van der Waals surface area contributed by atoms with E-state index in [0.717, 1.165) is 19.5 Å². The molecule has 3 heteroatoms. The number of phenols is 2. The van der Waals surface area contributed by atoms with Crippen molar-refractivity contribution in [2.45, 2.75) is 13.0 Å². The molecule has 2 aromatic carbocycles. The lowest BCUT2D eigenvalue weighted by molar-refractivity contribution is 0.458. The number of benzene rings is 2. The number of fused-ring (bicyclic) bond motifs is 1. The summed E-state index contributed by atoms with van der Waals surface area (Å²) >= 11 is 0. The zero-order valence-corrected chi connectivity index (χ0v) is 10.0. The van der Waals surface area contributed by atoms with Crippen molar-refractivity contribution in [2.75, 3.05) is 11.4 Å². The molecule has 0 spiro atoms. The van der Waals surface area contributed by atoms with Crippen LogP contribution in [0.2, 0.25) is 0 Å². The van der Waals surface area contributed by atoms with E-state index in [-0.39, 0.29) is 11.5 Å². The molecule has 0 aliphatic carbocycles. The van der Waals surface area contributed by atoms with Gasteiger partial charge in [-0.1, -0.05) is 24.3 Å². The first-order chi connectivity index (χ1) is 8.74. The highest BCUT2D eigenvalue weighted by Gasteiger charge is 2.18. The van der Waals surface area contributed by atoms with Crippen LogP contribution in [-0.4, -0.2) is 16.8 Å². The largest absolute Gasteiger partial charge is 0.508 e. The molecule has 1 heterocycles. The fourth-order valence-electron chi connectivity index (χ4n) is 2.47. The first-order valence-electron chi connectivity index (χ1n) is 6.08. The maximum atomic E-state index is 9.88. The van der Waals surface area contributed by atoms with E-state index in [1.165, 1.54) is 23.3 Å². The fraction of sp³-hybridized carbons (Fsp3) is 0.200. The van der Waals surface area contributed by atoms with Crippen LogP contribution in [0.4, 0.5) is 5.69 Å². The third kappa shape index (κ3) is 1.88. The predicted octanol–water partition coefficient (Wildman–Crippen LogP) is 2.66. The average Bonchev–Trinajstić information content (AvgIpc) is 2.41. The Kier molecular flexibility index (Phi) is 2.59. The molecule has 18 heavy (non-hydrogen) atoms. The SMILES string of the molecule is Oc1ccc(O)c(N2CCc3ccccc3C2)c1. The molecule has 0 aromatic heterocycles. The fourth-order valence-corrected chi connectivity index (χ4v) is 2.47. The molecule has 3 nitrogen and oxygen atoms in total. The summed E-state index contributed by atoms with van der Waals surface area (Å²) in [6.07, 6.45) is 0.964. The van der Waals surface area contributed by atoms with E-state index < -0.39 is 0 Å². The normalized spacial score (nSPS) is 14.3. The van der Waals surface area contributed by atoms with Gasteiger partial charge in [0, 0.05) is 19.2 Å². The van der Waals surface area contributed by atoms with E-state index in [4.69, 9.17) is 0 Å². The minimum Gasteiger partial charge on any atom is -0.508 e. The van der Waals surface area contributed by atoms with Gasteiger partial charge in [0.2, 0.25) is 0 Å². The standard InChI is InChI=1S/C15H15NO2/c17-13-5-6-15(18)14(9-13)16-8-7-11-3-1-2-4-12(11)10-16/h1-6,9,17-18H,7-8,10H2. The second-order valence-electron chi connectivity index (χ2n) is 4.61. The molecular weight excluding hydrogens is 226 g/mol. The number of hydrogen-bond donors (Lipinski definition) is 2. The zero-order valence-electron chi connectivity index (χ0n) is 10.0. The summed E-state index contributed by atoms with van der Waals surface area (Å²) in [5, 5.41) is 19.4. The zero-order chi connectivity index (χ0) is 12.5. The smallest absolute Gasteiger partial charge is 0.139 e. The van der Waals surface area contributed by atoms with E-state index in [9.17, 15) is 10.2 Å². The number of anilines is 1. The summed E-state index contributed by atoms with van der Waals surface area (Å²) in [4.78, 5) is 2.09. The van der Waals surface area contributed by atoms with Crippen molar-refractivity contribution in [3.63, 3.8) is 0 Å². The molecule has 1 aliphatic rings. The summed E-state index contributed by atoms with van der Waals surface area (Å²) in [6.45, 7) is 1.63. The lowest BCUT2D eigenvalue weighted by Crippen LogP contribution is -2.30. The van der Waals surface area contributed by atoms with Gasteiger partial charge in [-0.2, -0.15) is 0 Å². The average molecular weight is 241 g/mol. The van der Waals surface area contributed by atoms with Gasteiger partial charge >= 0.3 is 0 Å². The van der Waals surface area contributed by atoms with Crippen molar-refractivity contribution in [3.05, 3.63) is 53.6 Å². The van der Waals surface area contributed by atoms with Crippen molar-refractivity contribution in [1.29, 1.82) is 0 Å². The van der Waals surface area contributed by atoms with Crippen molar-refractivity contribution >= 4 is 5.69 Å². The first-order valence-corrected chi connectivity index (χ1v) is 6.08. The van der Waals surface area contributed by atoms with Crippen LogP contribution in [-0.2, 0) is 13.0 Å². The number of phenolic OH excluding ortho intramolecular Hbond substituents is 2. The summed E-state index contributed by atoms with van der Waals surface area (Å²) in [7, 11) is 0. The number of aromatic hydroxyl groups is 2. The Morgan fingerprint density at radius 2 is 1.72 bits per heavy atom. The van der Waals surface area contributed by atoms with Crippen LogP contribution < -0.4 is 4.90 Å². The second-order valence-corrected chi connectivity index (χ2v) is 4.61. The Labute approximate surface area is 106 Å². The molecular formula is C15H15NO2. The molecule has 92 valence electrons. The van der Waals surface area contributed by atoms with Crippen molar-refractivity contribution < 1.29 is 10.2 Å². The number of rotatable bonds is 1. The van der Waals surface area contributed by atoms with Gasteiger partial charge in [0.05, 0.1) is 5.69 Å². The summed E-state index contributed by atoms with van der Waals surface area (Å²) < 4.78 is 0. The Morgan fingerprint density at radius 3 is 2.56 bits per heavy atom. The van der Waals surface area contributed by atoms with E-state index in [1.54, 1.807) is 6.07 Å². The molecule has 0 radical (unpaired) electrons. The maximum absolute atomic E-state index is 9.88. The quantitative estimate of drug-likeness (QED) is 0.754. The molecule has 0 bridgehead atoms. The second kappa shape index (κ2) is 4.26. The first kappa shape index (κ1) is 11.0. The van der Waals surface area contributed by atoms with Gasteiger partial charge < -0.3 is 15.1 Å². The highest BCUT2D eigenvalue weighted by Crippen LogP contribution is 2.33. The van der Waals surface area contributed by atoms with E-state index in [0.29, 0.717) is 5.69 Å². The highest BCUT2D eigenvalue weighted by atomic mass is 16.3. The minimum atomic E-state index is 0.182. The molecule has 0 amide bonds. The lowest BCUT2D eigenvalue weighted by Gasteiger charge is -2.31. The highest BCUT2D eigenvalue weighted by molar-refractivity contribution is 5.61. The van der Waals surface area contributed by atoms with Gasteiger partial charge in [-0.15, -0.1) is 0 Å². The van der Waals surface area contributed by atoms with Crippen LogP contribution in [0.1, 0.15) is 11.1 Å². The van der Waals surface area contributed by atoms with E-state index >= 15 is 0 Å². The molecule has 3 rings (SSSR count). The van der Waals surface area contributed by atoms with Crippen molar-refractivity contribution in [3.8, 4) is 11.5 Å². The molecule has 0 atom stereocenters. The van der Waals surface area contributed by atoms with E-state index in [1.807, 2.05) is 6.07 Å². The van der Waals surface area contributed by atoms with Gasteiger partial charge in [-0.25, -0.2) is 0 Å². The van der Waals surface area contributed by atoms with Gasteiger partial charge in [-0.05, 0) is 29.7 Å². The molecule has 0 unspecified atom stereocenters. The van der Waals surface area contributed by atoms with Crippen LogP contribution in [0.3, 0.4) is 0 Å². The lowest BCUT2D eigenvalue weighted by atomic mass is 9.99. The van der Waals surface area contributed by atoms with Crippen molar-refractivity contribution in [2.24, 2.45) is 0 Å². The molecule has 0 saturated heterocycles. The van der Waals surface area contributed by atoms with Crippen LogP contribution in [0.15, 0.2) is 42.5 Å². The molecule has 0 saturated carbocycles. The van der Waals surface area contributed by atoms with Gasteiger partial charge in [0.25, 0.3) is 0 Å². The minimum absolute atomic E-state index is 0.182. The van der Waals surface area contributed by atoms with Gasteiger partial charge in [0.1, 0.15) is 11.5 Å². The van der Waals surface area contributed by atoms with Gasteiger partial charge in [0.15, 0.2) is 0 Å². The van der Waals surface area contributed by atoms with Crippen LogP contribution in [0, 0.1) is 0 Å². The number of nitrogens with zero attached hydrogens (tertiary/aromatic N) is 1. The number of hydrogen-bond acceptors (Lipinski definition) is 3. The Bertz CT molecular complexity index is 580. The Balaban J connectivity index is 1.94. The van der Waals surface area contributed by atoms with Crippen LogP contribution in [0.25, 0.3) is 0 Å². The third-order valence-corrected chi connectivity index (χ3v) is 3.43. The van der Waals surface area contributed by atoms with E-state index in [2.05, 4.69) is 23.1 Å². The maximum Gasteiger partial charge on any atom is 0.139 e. The molecule has 2 N–H and O–H groups in total. The summed E-state index contributed by atoms with van der Waals surface area (Å²) in [5.74, 6) is 0.397. The topological polar surface area (TPSA) is 43.7 Å². The van der Waals surface area contributed by atoms with Crippen LogP contribution >= 0.6 is 0 Å². The molecule has 0 fully saturated rings. The summed E-state index contributed by atoms with van der Waals surface area (Å²) in [6, 6.07) is 13.0. The van der Waals surface area contributed by atoms with Gasteiger partial charge in [-0.3, -0.25) is 0 Å². The third-order valence-electron chi connectivity index (χ3n) is 3.43. The monoisotopic (exact) mass is 241 g/mol. The molecule has 1 aliphatic heterocycles. The molecule has 2 aromatic rings. The van der Waals surface area contributed by atoms with Crippen molar-refractivity contribution in [1.82, 2.24) is 0 Å². The van der Waals surface area contributed by atoms with Crippen LogP contribution in [0.5, 0.6) is 11.5 Å². The Hall–Kier alpha value is -2.16. The predicted molar refractivity (Wildman–Crippen MR) is 71.0 cm³/mol. The Morgan fingerprint density at radius 1 is 0.944 bits per heavy atom.